The number of hydrogen-bond acceptors (Lipinski definition) is 3. The van der Waals surface area contributed by atoms with E-state index in [1.807, 2.05) is 12.1 Å². The summed E-state index contributed by atoms with van der Waals surface area (Å²) in [6, 6.07) is 7.14. The second-order valence-electron chi connectivity index (χ2n) is 6.45. The largest absolute Gasteiger partial charge is 0.416 e. The summed E-state index contributed by atoms with van der Waals surface area (Å²) in [6.45, 7) is 2.57. The number of carbonyl (C=O) groups excluding carboxylic acids is 1. The van der Waals surface area contributed by atoms with Gasteiger partial charge in [-0.25, -0.2) is 9.78 Å². The number of aryl methyl sites for hydroxylation is 1. The highest BCUT2D eigenvalue weighted by atomic mass is 19.4. The predicted molar refractivity (Wildman–Crippen MR) is 98.0 cm³/mol. The minimum Gasteiger partial charge on any atom is -0.370 e. The molecule has 2 aromatic rings. The Morgan fingerprint density at radius 3 is 2.85 bits per heavy atom. The van der Waals surface area contributed by atoms with E-state index in [1.165, 1.54) is 24.6 Å². The number of hydrogen-bond donors (Lipinski definition) is 3. The van der Waals surface area contributed by atoms with Gasteiger partial charge in [-0.05, 0) is 49.1 Å². The Morgan fingerprint density at radius 2 is 2.07 bits per heavy atom. The van der Waals surface area contributed by atoms with Crippen LogP contribution in [0.4, 0.5) is 29.5 Å². The Labute approximate surface area is 155 Å². The van der Waals surface area contributed by atoms with Crippen molar-refractivity contribution in [1.29, 1.82) is 0 Å². The van der Waals surface area contributed by atoms with Gasteiger partial charge in [-0.2, -0.15) is 13.2 Å². The molecule has 8 heteroatoms. The highest BCUT2D eigenvalue weighted by molar-refractivity contribution is 5.90. The van der Waals surface area contributed by atoms with Crippen LogP contribution in [0.15, 0.2) is 30.3 Å². The molecule has 0 radical (unpaired) electrons. The summed E-state index contributed by atoms with van der Waals surface area (Å²) in [6.07, 6.45) is -1.83. The Morgan fingerprint density at radius 1 is 1.26 bits per heavy atom. The highest BCUT2D eigenvalue weighted by Crippen LogP contribution is 2.34. The molecule has 0 spiro atoms. The van der Waals surface area contributed by atoms with Crippen molar-refractivity contribution in [2.24, 2.45) is 0 Å². The number of alkyl halides is 3. The summed E-state index contributed by atoms with van der Waals surface area (Å²) in [4.78, 5) is 16.6. The molecule has 0 saturated carbocycles. The van der Waals surface area contributed by atoms with Crippen LogP contribution in [-0.4, -0.2) is 24.1 Å². The Balaban J connectivity index is 1.55. The minimum atomic E-state index is -4.45. The quantitative estimate of drug-likeness (QED) is 0.749. The van der Waals surface area contributed by atoms with Crippen molar-refractivity contribution in [3.63, 3.8) is 0 Å². The summed E-state index contributed by atoms with van der Waals surface area (Å²) < 4.78 is 38.8. The number of benzene rings is 1. The first-order valence-electron chi connectivity index (χ1n) is 8.79. The van der Waals surface area contributed by atoms with Crippen LogP contribution in [0.25, 0.3) is 0 Å². The number of rotatable bonds is 4. The molecule has 1 aromatic heterocycles. The normalized spacial score (nSPS) is 13.5. The number of aromatic nitrogens is 1. The van der Waals surface area contributed by atoms with E-state index in [4.69, 9.17) is 0 Å². The first kappa shape index (κ1) is 19.0. The maximum absolute atomic E-state index is 12.9. The molecule has 27 heavy (non-hydrogen) atoms. The molecule has 0 atom stereocenters. The van der Waals surface area contributed by atoms with E-state index in [9.17, 15) is 18.0 Å². The smallest absolute Gasteiger partial charge is 0.370 e. The number of pyridine rings is 1. The third-order valence-corrected chi connectivity index (χ3v) is 4.51. The Kier molecular flexibility index (Phi) is 5.53. The first-order valence-corrected chi connectivity index (χ1v) is 8.79. The number of halogens is 3. The lowest BCUT2D eigenvalue weighted by Gasteiger charge is -2.17. The molecule has 3 rings (SSSR count). The average molecular weight is 378 g/mol. The zero-order valence-electron chi connectivity index (χ0n) is 14.9. The van der Waals surface area contributed by atoms with Crippen molar-refractivity contribution in [1.82, 2.24) is 10.3 Å². The van der Waals surface area contributed by atoms with Crippen LogP contribution < -0.4 is 16.0 Å². The minimum absolute atomic E-state index is 0.0115. The van der Waals surface area contributed by atoms with Gasteiger partial charge in [0.2, 0.25) is 0 Å². The van der Waals surface area contributed by atoms with E-state index in [-0.39, 0.29) is 11.3 Å². The number of nitrogens with zero attached hydrogens (tertiary/aromatic N) is 1. The molecular weight excluding hydrogens is 357 g/mol. The molecule has 3 N–H and O–H groups in total. The van der Waals surface area contributed by atoms with E-state index in [2.05, 4.69) is 20.9 Å². The fourth-order valence-electron chi connectivity index (χ4n) is 3.06. The van der Waals surface area contributed by atoms with Crippen LogP contribution in [0.3, 0.4) is 0 Å². The number of amides is 2. The average Bonchev–Trinajstić information content (AvgIpc) is 2.62. The summed E-state index contributed by atoms with van der Waals surface area (Å²) in [7, 11) is 0. The van der Waals surface area contributed by atoms with Crippen LogP contribution >= 0.6 is 0 Å². The maximum Gasteiger partial charge on any atom is 0.416 e. The molecule has 1 aliphatic rings. The lowest BCUT2D eigenvalue weighted by molar-refractivity contribution is -0.138. The lowest BCUT2D eigenvalue weighted by atomic mass is 10.1. The number of carbonyl (C=O) groups is 1. The number of nitrogens with one attached hydrogen (secondary N) is 3. The molecular formula is C19H21F3N4O. The van der Waals surface area contributed by atoms with Gasteiger partial charge in [-0.1, -0.05) is 12.1 Å². The van der Waals surface area contributed by atoms with Crippen LogP contribution in [0, 0.1) is 6.92 Å². The van der Waals surface area contributed by atoms with Crippen molar-refractivity contribution in [3.05, 3.63) is 52.7 Å². The molecule has 0 bridgehead atoms. The summed E-state index contributed by atoms with van der Waals surface area (Å²) in [5.74, 6) is 0.891. The van der Waals surface area contributed by atoms with Crippen molar-refractivity contribution >= 4 is 17.5 Å². The van der Waals surface area contributed by atoms with E-state index in [0.29, 0.717) is 13.0 Å². The van der Waals surface area contributed by atoms with Gasteiger partial charge >= 0.3 is 12.2 Å². The molecule has 0 unspecified atom stereocenters. The maximum atomic E-state index is 12.9. The number of urea groups is 1. The Bertz CT molecular complexity index is 836. The topological polar surface area (TPSA) is 66.0 Å². The van der Waals surface area contributed by atoms with Crippen molar-refractivity contribution in [2.45, 2.75) is 32.4 Å². The SMILES string of the molecule is Cc1c(NC(=O)NCCc2ccc3c(n2)NCCC3)cccc1C(F)(F)F. The molecule has 0 fully saturated rings. The van der Waals surface area contributed by atoms with Gasteiger partial charge in [0.05, 0.1) is 5.56 Å². The molecule has 5 nitrogen and oxygen atoms in total. The number of fused-ring (bicyclic) bond motifs is 1. The summed E-state index contributed by atoms with van der Waals surface area (Å²) >= 11 is 0. The second kappa shape index (κ2) is 7.85. The third kappa shape index (κ3) is 4.69. The van der Waals surface area contributed by atoms with Crippen LogP contribution in [0.5, 0.6) is 0 Å². The van der Waals surface area contributed by atoms with Crippen LogP contribution in [0.2, 0.25) is 0 Å². The predicted octanol–water partition coefficient (Wildman–Crippen LogP) is 4.13. The number of anilines is 2. The molecule has 2 heterocycles. The molecule has 2 amide bonds. The zero-order chi connectivity index (χ0) is 19.4. The Hall–Kier alpha value is -2.77. The lowest BCUT2D eigenvalue weighted by Crippen LogP contribution is -2.31. The molecule has 1 aromatic carbocycles. The third-order valence-electron chi connectivity index (χ3n) is 4.51. The first-order chi connectivity index (χ1) is 12.8. The van der Waals surface area contributed by atoms with Crippen LogP contribution in [-0.2, 0) is 19.0 Å². The fourth-order valence-corrected chi connectivity index (χ4v) is 3.06. The zero-order valence-corrected chi connectivity index (χ0v) is 14.9. The van der Waals surface area contributed by atoms with Crippen LogP contribution in [0.1, 0.15) is 28.8 Å². The molecule has 1 aliphatic heterocycles. The molecule has 144 valence electrons. The van der Waals surface area contributed by atoms with Crippen molar-refractivity contribution in [2.75, 3.05) is 23.7 Å². The van der Waals surface area contributed by atoms with Gasteiger partial charge in [0, 0.05) is 30.9 Å². The van der Waals surface area contributed by atoms with Gasteiger partial charge < -0.3 is 16.0 Å². The van der Waals surface area contributed by atoms with E-state index < -0.39 is 17.8 Å². The summed E-state index contributed by atoms with van der Waals surface area (Å²) in [5, 5.41) is 8.39. The molecule has 0 aliphatic carbocycles. The second-order valence-corrected chi connectivity index (χ2v) is 6.45. The van der Waals surface area contributed by atoms with Gasteiger partial charge in [-0.3, -0.25) is 0 Å². The summed E-state index contributed by atoms with van der Waals surface area (Å²) in [5.41, 5.74) is 1.40. The fraction of sp³-hybridized carbons (Fsp3) is 0.368. The van der Waals surface area contributed by atoms with E-state index >= 15 is 0 Å². The monoisotopic (exact) mass is 378 g/mol. The highest BCUT2D eigenvalue weighted by Gasteiger charge is 2.33. The van der Waals surface area contributed by atoms with E-state index in [1.54, 1.807) is 0 Å². The van der Waals surface area contributed by atoms with Gasteiger partial charge in [0.1, 0.15) is 5.82 Å². The van der Waals surface area contributed by atoms with Gasteiger partial charge in [0.15, 0.2) is 0 Å². The van der Waals surface area contributed by atoms with Crippen molar-refractivity contribution < 1.29 is 18.0 Å². The molecule has 0 saturated heterocycles. The van der Waals surface area contributed by atoms with Gasteiger partial charge in [-0.15, -0.1) is 0 Å². The van der Waals surface area contributed by atoms with E-state index in [0.717, 1.165) is 37.0 Å². The van der Waals surface area contributed by atoms with Crippen molar-refractivity contribution in [3.8, 4) is 0 Å². The standard InChI is InChI=1S/C19H21F3N4O/c1-12-15(19(20,21)22)5-2-6-16(12)26-18(27)24-11-9-14-8-7-13-4-3-10-23-17(13)25-14/h2,5-8H,3-4,9-11H2,1H3,(H,23,25)(H2,24,26,27). The van der Waals surface area contributed by atoms with Gasteiger partial charge in [0.25, 0.3) is 0 Å².